The number of carbonyl (C=O) groups excluding carboxylic acids is 1. The molecule has 0 unspecified atom stereocenters. The van der Waals surface area contributed by atoms with Gasteiger partial charge in [0, 0.05) is 35.0 Å². The predicted octanol–water partition coefficient (Wildman–Crippen LogP) is 3.51. The molecule has 1 heterocycles. The quantitative estimate of drug-likeness (QED) is 0.178. The Labute approximate surface area is 187 Å². The van der Waals surface area contributed by atoms with E-state index in [1.54, 1.807) is 29.5 Å². The molecule has 8 heteroatoms. The number of nitrogens with zero attached hydrogens (tertiary/aromatic N) is 1. The van der Waals surface area contributed by atoms with Crippen LogP contribution in [-0.2, 0) is 13.0 Å². The summed E-state index contributed by atoms with van der Waals surface area (Å²) in [6.07, 6.45) is 1.83. The highest BCUT2D eigenvalue weighted by Crippen LogP contribution is 2.17. The molecule has 154 valence electrons. The summed E-state index contributed by atoms with van der Waals surface area (Å²) in [6, 6.07) is 10.6. The fourth-order valence-electron chi connectivity index (χ4n) is 2.44. The van der Waals surface area contributed by atoms with E-state index < -0.39 is 0 Å². The van der Waals surface area contributed by atoms with Gasteiger partial charge in [-0.2, -0.15) is 0 Å². The van der Waals surface area contributed by atoms with Gasteiger partial charge in [-0.05, 0) is 50.1 Å². The summed E-state index contributed by atoms with van der Waals surface area (Å²) in [5, 5.41) is 18.8. The number of aryl methyl sites for hydroxylation is 1. The van der Waals surface area contributed by atoms with Crippen molar-refractivity contribution in [3.8, 4) is 5.75 Å². The monoisotopic (exact) mass is 516 g/mol. The Morgan fingerprint density at radius 2 is 1.82 bits per heavy atom. The third-order valence-electron chi connectivity index (χ3n) is 3.84. The third kappa shape index (κ3) is 8.47. The average molecular weight is 516 g/mol. The highest BCUT2D eigenvalue weighted by molar-refractivity contribution is 14.0. The molecule has 0 radical (unpaired) electrons. The summed E-state index contributed by atoms with van der Waals surface area (Å²) >= 11 is 1.80. The summed E-state index contributed by atoms with van der Waals surface area (Å²) in [4.78, 5) is 19.2. The van der Waals surface area contributed by atoms with Crippen LogP contribution in [0.4, 0.5) is 0 Å². The van der Waals surface area contributed by atoms with Gasteiger partial charge in [-0.1, -0.05) is 13.0 Å². The van der Waals surface area contributed by atoms with Gasteiger partial charge in [0.25, 0.3) is 5.91 Å². The minimum absolute atomic E-state index is 0. The number of benzene rings is 1. The maximum Gasteiger partial charge on any atom is 0.251 e. The molecule has 2 rings (SSSR count). The number of guanidine groups is 1. The van der Waals surface area contributed by atoms with Crippen molar-refractivity contribution in [2.45, 2.75) is 33.2 Å². The van der Waals surface area contributed by atoms with E-state index in [2.05, 4.69) is 40.0 Å². The van der Waals surface area contributed by atoms with Crippen molar-refractivity contribution in [3.63, 3.8) is 0 Å². The summed E-state index contributed by atoms with van der Waals surface area (Å²) in [5.74, 6) is 0.687. The zero-order valence-corrected chi connectivity index (χ0v) is 19.5. The van der Waals surface area contributed by atoms with Crippen molar-refractivity contribution in [2.24, 2.45) is 4.99 Å². The minimum Gasteiger partial charge on any atom is -0.508 e. The number of amides is 1. The SMILES string of the molecule is CCNC(=NCc1ccc(CC)s1)NCCCNC(=O)c1cccc(O)c1.I. The number of rotatable bonds is 9. The number of carbonyl (C=O) groups is 1. The molecule has 0 spiro atoms. The molecule has 1 aromatic carbocycles. The molecule has 0 aliphatic rings. The smallest absolute Gasteiger partial charge is 0.251 e. The van der Waals surface area contributed by atoms with Crippen molar-refractivity contribution < 1.29 is 9.90 Å². The van der Waals surface area contributed by atoms with Crippen LogP contribution in [0, 0.1) is 0 Å². The first-order chi connectivity index (χ1) is 13.1. The average Bonchev–Trinajstić information content (AvgIpc) is 3.13. The van der Waals surface area contributed by atoms with Crippen LogP contribution in [0.15, 0.2) is 41.4 Å². The predicted molar refractivity (Wildman–Crippen MR) is 127 cm³/mol. The van der Waals surface area contributed by atoms with E-state index in [9.17, 15) is 9.90 Å². The Balaban J connectivity index is 0.00000392. The maximum absolute atomic E-state index is 12.0. The van der Waals surface area contributed by atoms with Gasteiger partial charge in [0.15, 0.2) is 5.96 Å². The van der Waals surface area contributed by atoms with Gasteiger partial charge in [-0.15, -0.1) is 35.3 Å². The Bertz CT molecular complexity index is 764. The van der Waals surface area contributed by atoms with E-state index >= 15 is 0 Å². The van der Waals surface area contributed by atoms with Gasteiger partial charge in [-0.25, -0.2) is 4.99 Å². The Morgan fingerprint density at radius 3 is 2.50 bits per heavy atom. The Hall–Kier alpha value is -1.81. The third-order valence-corrected chi connectivity index (χ3v) is 5.06. The molecule has 4 N–H and O–H groups in total. The summed E-state index contributed by atoms with van der Waals surface area (Å²) in [7, 11) is 0. The molecule has 28 heavy (non-hydrogen) atoms. The molecule has 0 atom stereocenters. The molecular formula is C20H29IN4O2S. The minimum atomic E-state index is -0.184. The molecule has 1 aromatic heterocycles. The fourth-order valence-corrected chi connectivity index (χ4v) is 3.32. The van der Waals surface area contributed by atoms with Crippen LogP contribution in [0.5, 0.6) is 5.75 Å². The normalized spacial score (nSPS) is 10.9. The summed E-state index contributed by atoms with van der Waals surface area (Å²) in [5.41, 5.74) is 0.459. The first kappa shape index (κ1) is 24.2. The van der Waals surface area contributed by atoms with Gasteiger partial charge >= 0.3 is 0 Å². The largest absolute Gasteiger partial charge is 0.508 e. The molecule has 2 aromatic rings. The second-order valence-corrected chi connectivity index (χ2v) is 7.26. The van der Waals surface area contributed by atoms with Gasteiger partial charge in [0.2, 0.25) is 0 Å². The lowest BCUT2D eigenvalue weighted by atomic mass is 10.2. The summed E-state index contributed by atoms with van der Waals surface area (Å²) < 4.78 is 0. The number of aliphatic imine (C=N–C) groups is 1. The molecule has 6 nitrogen and oxygen atoms in total. The van der Waals surface area contributed by atoms with Crippen molar-refractivity contribution in [1.29, 1.82) is 0 Å². The van der Waals surface area contributed by atoms with Crippen molar-refractivity contribution in [2.75, 3.05) is 19.6 Å². The number of halogens is 1. The number of hydrogen-bond acceptors (Lipinski definition) is 4. The number of phenols is 1. The molecule has 1 amide bonds. The van der Waals surface area contributed by atoms with Crippen LogP contribution in [0.25, 0.3) is 0 Å². The fraction of sp³-hybridized carbons (Fsp3) is 0.400. The molecule has 0 fully saturated rings. The lowest BCUT2D eigenvalue weighted by Gasteiger charge is -2.11. The van der Waals surface area contributed by atoms with Crippen LogP contribution >= 0.6 is 35.3 Å². The number of nitrogens with one attached hydrogen (secondary N) is 3. The van der Waals surface area contributed by atoms with Crippen LogP contribution in [-0.4, -0.2) is 36.6 Å². The van der Waals surface area contributed by atoms with E-state index in [1.165, 1.54) is 15.8 Å². The lowest BCUT2D eigenvalue weighted by molar-refractivity contribution is 0.0953. The van der Waals surface area contributed by atoms with E-state index in [-0.39, 0.29) is 35.6 Å². The highest BCUT2D eigenvalue weighted by Gasteiger charge is 2.05. The number of hydrogen-bond donors (Lipinski definition) is 4. The van der Waals surface area contributed by atoms with Crippen molar-refractivity contribution >= 4 is 47.2 Å². The van der Waals surface area contributed by atoms with Gasteiger partial charge < -0.3 is 21.1 Å². The molecule has 0 saturated carbocycles. The Kier molecular flexibility index (Phi) is 11.6. The zero-order chi connectivity index (χ0) is 19.5. The van der Waals surface area contributed by atoms with Crippen LogP contribution in [0.2, 0.25) is 0 Å². The highest BCUT2D eigenvalue weighted by atomic mass is 127. The number of phenolic OH excluding ortho intramolecular Hbond substituents is 1. The topological polar surface area (TPSA) is 85.8 Å². The van der Waals surface area contributed by atoms with Crippen LogP contribution < -0.4 is 16.0 Å². The van der Waals surface area contributed by atoms with Gasteiger partial charge in [-0.3, -0.25) is 4.79 Å². The zero-order valence-electron chi connectivity index (χ0n) is 16.3. The van der Waals surface area contributed by atoms with Crippen molar-refractivity contribution in [1.82, 2.24) is 16.0 Å². The number of aromatic hydroxyl groups is 1. The van der Waals surface area contributed by atoms with Gasteiger partial charge in [0.05, 0.1) is 6.54 Å². The van der Waals surface area contributed by atoms with E-state index in [0.717, 1.165) is 25.3 Å². The Morgan fingerprint density at radius 1 is 1.07 bits per heavy atom. The molecule has 0 aliphatic heterocycles. The lowest BCUT2D eigenvalue weighted by Crippen LogP contribution is -2.38. The van der Waals surface area contributed by atoms with Crippen LogP contribution in [0.3, 0.4) is 0 Å². The molecule has 0 saturated heterocycles. The summed E-state index contributed by atoms with van der Waals surface area (Å²) in [6.45, 7) is 6.90. The first-order valence-corrected chi connectivity index (χ1v) is 10.1. The second-order valence-electron chi connectivity index (χ2n) is 6.00. The first-order valence-electron chi connectivity index (χ1n) is 9.29. The maximum atomic E-state index is 12.0. The number of thiophene rings is 1. The molecular weight excluding hydrogens is 487 g/mol. The molecule has 0 bridgehead atoms. The van der Waals surface area contributed by atoms with E-state index in [1.807, 2.05) is 6.92 Å². The van der Waals surface area contributed by atoms with Gasteiger partial charge in [0.1, 0.15) is 5.75 Å². The molecule has 0 aliphatic carbocycles. The second kappa shape index (κ2) is 13.4. The van der Waals surface area contributed by atoms with Crippen molar-refractivity contribution in [3.05, 3.63) is 51.7 Å². The van der Waals surface area contributed by atoms with E-state index in [0.29, 0.717) is 25.2 Å². The van der Waals surface area contributed by atoms with Crippen LogP contribution in [0.1, 0.15) is 40.4 Å². The standard InChI is InChI=1S/C20H28N4O2S.HI/c1-3-17-9-10-18(27-17)14-24-20(21-4-2)23-12-6-11-22-19(26)15-7-5-8-16(25)13-15;/h5,7-10,13,25H,3-4,6,11-12,14H2,1-2H3,(H,22,26)(H2,21,23,24);1H. The van der Waals surface area contributed by atoms with E-state index in [4.69, 9.17) is 0 Å².